The van der Waals surface area contributed by atoms with Gasteiger partial charge in [0.15, 0.2) is 12.4 Å². The van der Waals surface area contributed by atoms with Crippen molar-refractivity contribution in [2.75, 3.05) is 13.1 Å². The molecule has 0 fully saturated rings. The summed E-state index contributed by atoms with van der Waals surface area (Å²) in [4.78, 5) is 14.2. The number of aryl methyl sites for hydroxylation is 1. The fourth-order valence-electron chi connectivity index (χ4n) is 2.91. The zero-order chi connectivity index (χ0) is 16.9. The molecule has 0 atom stereocenters. The maximum atomic E-state index is 12.4. The van der Waals surface area contributed by atoms with E-state index in [2.05, 4.69) is 17.7 Å². The van der Waals surface area contributed by atoms with E-state index in [0.717, 1.165) is 25.2 Å². The number of carbonyl (C=O) groups is 1. The third-order valence-corrected chi connectivity index (χ3v) is 4.43. The van der Waals surface area contributed by atoms with Gasteiger partial charge in [0, 0.05) is 25.6 Å². The van der Waals surface area contributed by atoms with Gasteiger partial charge in [0.2, 0.25) is 0 Å². The molecule has 1 aromatic rings. The number of hydrogen-bond acceptors (Lipinski definition) is 1. The number of amides is 1. The zero-order valence-corrected chi connectivity index (χ0v) is 16.5. The minimum Gasteiger partial charge on any atom is -1.00 e. The Kier molecular flexibility index (Phi) is 13.6. The number of carbonyl (C=O) groups excluding carboxylic acids is 1. The fraction of sp³-hybridized carbons (Fsp3) is 0.700. The Morgan fingerprint density at radius 1 is 0.958 bits per heavy atom. The maximum absolute atomic E-state index is 12.4. The average molecular weight is 355 g/mol. The second kappa shape index (κ2) is 14.3. The summed E-state index contributed by atoms with van der Waals surface area (Å²) < 4.78 is 2.16. The smallest absolute Gasteiger partial charge is 0.259 e. The summed E-state index contributed by atoms with van der Waals surface area (Å²) in [5.74, 6) is 0.139. The molecular weight excluding hydrogens is 320 g/mol. The first-order chi connectivity index (χ1) is 11.2. The van der Waals surface area contributed by atoms with E-state index < -0.39 is 0 Å². The molecule has 138 valence electrons. The standard InChI is InChI=1S/C20H35N2O.ClH/c1-4-7-8-9-10-11-12-13-16-21-17-14-15-19(18-21)20(23)22(5-2)6-3;/h14-15,17-18H,4-13,16H2,1-3H3;1H/q+1;/p-1. The molecule has 0 aliphatic carbocycles. The number of nitrogens with zero attached hydrogens (tertiary/aromatic N) is 2. The third kappa shape index (κ3) is 8.68. The number of unbranched alkanes of at least 4 members (excludes halogenated alkanes) is 7. The van der Waals surface area contributed by atoms with Crippen LogP contribution in [-0.2, 0) is 6.54 Å². The Morgan fingerprint density at radius 3 is 2.12 bits per heavy atom. The van der Waals surface area contributed by atoms with Gasteiger partial charge in [0.05, 0.1) is 0 Å². The molecule has 1 amide bonds. The molecule has 0 spiro atoms. The summed E-state index contributed by atoms with van der Waals surface area (Å²) in [7, 11) is 0. The van der Waals surface area contributed by atoms with Gasteiger partial charge in [-0.3, -0.25) is 4.79 Å². The Hall–Kier alpha value is -1.09. The second-order valence-electron chi connectivity index (χ2n) is 6.28. The Bertz CT molecular complexity index is 447. The molecule has 0 aliphatic rings. The highest BCUT2D eigenvalue weighted by Crippen LogP contribution is 2.08. The highest BCUT2D eigenvalue weighted by atomic mass is 35.5. The molecule has 0 unspecified atom stereocenters. The first kappa shape index (κ1) is 22.9. The molecule has 1 rings (SSSR count). The molecule has 1 aromatic heterocycles. The number of pyridine rings is 1. The van der Waals surface area contributed by atoms with Gasteiger partial charge in [-0.15, -0.1) is 0 Å². The molecule has 0 aliphatic heterocycles. The van der Waals surface area contributed by atoms with E-state index >= 15 is 0 Å². The fourth-order valence-corrected chi connectivity index (χ4v) is 2.91. The van der Waals surface area contributed by atoms with Crippen LogP contribution < -0.4 is 17.0 Å². The predicted octanol–water partition coefficient (Wildman–Crippen LogP) is 1.60. The first-order valence-electron chi connectivity index (χ1n) is 9.51. The summed E-state index contributed by atoms with van der Waals surface area (Å²) in [5, 5.41) is 0. The van der Waals surface area contributed by atoms with Crippen LogP contribution in [0.25, 0.3) is 0 Å². The summed E-state index contributed by atoms with van der Waals surface area (Å²) in [5.41, 5.74) is 0.802. The number of aromatic nitrogens is 1. The van der Waals surface area contributed by atoms with Crippen LogP contribution in [0, 0.1) is 0 Å². The van der Waals surface area contributed by atoms with Crippen molar-refractivity contribution in [3.8, 4) is 0 Å². The molecule has 0 radical (unpaired) electrons. The molecule has 4 heteroatoms. The minimum atomic E-state index is 0. The van der Waals surface area contributed by atoms with Crippen LogP contribution in [0.2, 0.25) is 0 Å². The van der Waals surface area contributed by atoms with Gasteiger partial charge in [-0.25, -0.2) is 4.57 Å². The number of halogens is 1. The largest absolute Gasteiger partial charge is 1.00 e. The molecule has 0 saturated heterocycles. The van der Waals surface area contributed by atoms with Gasteiger partial charge in [-0.1, -0.05) is 45.4 Å². The quantitative estimate of drug-likeness (QED) is 0.413. The van der Waals surface area contributed by atoms with Crippen molar-refractivity contribution >= 4 is 5.91 Å². The summed E-state index contributed by atoms with van der Waals surface area (Å²) in [6.07, 6.45) is 14.7. The van der Waals surface area contributed by atoms with Gasteiger partial charge in [0.1, 0.15) is 12.1 Å². The highest BCUT2D eigenvalue weighted by Gasteiger charge is 2.15. The normalized spacial score (nSPS) is 10.3. The van der Waals surface area contributed by atoms with E-state index in [1.807, 2.05) is 37.1 Å². The van der Waals surface area contributed by atoms with Crippen LogP contribution in [-0.4, -0.2) is 23.9 Å². The molecule has 0 N–H and O–H groups in total. The molecular formula is C20H35ClN2O. The van der Waals surface area contributed by atoms with Crippen LogP contribution >= 0.6 is 0 Å². The lowest BCUT2D eigenvalue weighted by atomic mass is 10.1. The van der Waals surface area contributed by atoms with E-state index in [1.165, 1.54) is 51.4 Å². The van der Waals surface area contributed by atoms with Crippen LogP contribution in [0.1, 0.15) is 82.5 Å². The SMILES string of the molecule is CCCCCCCCCC[n+]1cccc(C(=O)N(CC)CC)c1.[Cl-]. The van der Waals surface area contributed by atoms with E-state index in [0.29, 0.717) is 0 Å². The zero-order valence-electron chi connectivity index (χ0n) is 15.8. The van der Waals surface area contributed by atoms with Crippen molar-refractivity contribution in [3.63, 3.8) is 0 Å². The van der Waals surface area contributed by atoms with Crippen LogP contribution in [0.4, 0.5) is 0 Å². The Morgan fingerprint density at radius 2 is 1.54 bits per heavy atom. The van der Waals surface area contributed by atoms with Crippen molar-refractivity contribution in [1.82, 2.24) is 4.90 Å². The van der Waals surface area contributed by atoms with E-state index in [9.17, 15) is 4.79 Å². The first-order valence-corrected chi connectivity index (χ1v) is 9.51. The Balaban J connectivity index is 0.00000529. The second-order valence-corrected chi connectivity index (χ2v) is 6.28. The van der Waals surface area contributed by atoms with Crippen molar-refractivity contribution in [2.45, 2.75) is 78.7 Å². The lowest BCUT2D eigenvalue weighted by Gasteiger charge is -2.17. The van der Waals surface area contributed by atoms with Gasteiger partial charge in [-0.2, -0.15) is 0 Å². The van der Waals surface area contributed by atoms with Crippen LogP contribution in [0.15, 0.2) is 24.5 Å². The van der Waals surface area contributed by atoms with Crippen molar-refractivity contribution in [1.29, 1.82) is 0 Å². The maximum Gasteiger partial charge on any atom is 0.259 e. The van der Waals surface area contributed by atoms with Crippen molar-refractivity contribution in [2.24, 2.45) is 0 Å². The van der Waals surface area contributed by atoms with Crippen molar-refractivity contribution in [3.05, 3.63) is 30.1 Å². The topological polar surface area (TPSA) is 24.2 Å². The minimum absolute atomic E-state index is 0. The highest BCUT2D eigenvalue weighted by molar-refractivity contribution is 5.93. The summed E-state index contributed by atoms with van der Waals surface area (Å²) in [6.45, 7) is 8.85. The lowest BCUT2D eigenvalue weighted by molar-refractivity contribution is -0.697. The summed E-state index contributed by atoms with van der Waals surface area (Å²) >= 11 is 0. The predicted molar refractivity (Wildman–Crippen MR) is 96.5 cm³/mol. The van der Waals surface area contributed by atoms with Crippen LogP contribution in [0.3, 0.4) is 0 Å². The van der Waals surface area contributed by atoms with Gasteiger partial charge < -0.3 is 17.3 Å². The molecule has 0 aromatic carbocycles. The van der Waals surface area contributed by atoms with Gasteiger partial charge in [0.25, 0.3) is 5.91 Å². The van der Waals surface area contributed by atoms with Gasteiger partial charge >= 0.3 is 0 Å². The monoisotopic (exact) mass is 354 g/mol. The average Bonchev–Trinajstić information content (AvgIpc) is 2.58. The van der Waals surface area contributed by atoms with E-state index in [4.69, 9.17) is 0 Å². The van der Waals surface area contributed by atoms with E-state index in [-0.39, 0.29) is 18.3 Å². The van der Waals surface area contributed by atoms with Crippen molar-refractivity contribution < 1.29 is 21.8 Å². The molecule has 24 heavy (non-hydrogen) atoms. The number of hydrogen-bond donors (Lipinski definition) is 0. The molecule has 3 nitrogen and oxygen atoms in total. The Labute approximate surface area is 154 Å². The molecule has 1 heterocycles. The summed E-state index contributed by atoms with van der Waals surface area (Å²) in [6, 6.07) is 3.91. The third-order valence-electron chi connectivity index (χ3n) is 4.43. The molecule has 0 bridgehead atoms. The van der Waals surface area contributed by atoms with E-state index in [1.54, 1.807) is 0 Å². The van der Waals surface area contributed by atoms with Crippen LogP contribution in [0.5, 0.6) is 0 Å². The lowest BCUT2D eigenvalue weighted by Crippen LogP contribution is -3.00. The number of rotatable bonds is 12. The molecule has 0 saturated carbocycles. The van der Waals surface area contributed by atoms with Gasteiger partial charge in [-0.05, 0) is 26.3 Å².